The van der Waals surface area contributed by atoms with Crippen LogP contribution in [0, 0.1) is 34.0 Å². The topological polar surface area (TPSA) is 57.5 Å². The largest absolute Gasteiger partial charge is 0.393 e. The van der Waals surface area contributed by atoms with Crippen LogP contribution in [0.25, 0.3) is 0 Å². The Balaban J connectivity index is 1.83. The summed E-state index contributed by atoms with van der Waals surface area (Å²) in [5.74, 6) is 1.36. The predicted molar refractivity (Wildman–Crippen MR) is 88.7 cm³/mol. The van der Waals surface area contributed by atoms with Crippen LogP contribution in [-0.4, -0.2) is 27.7 Å². The molecule has 1 spiro atoms. The van der Waals surface area contributed by atoms with Crippen molar-refractivity contribution in [1.29, 1.82) is 0 Å². The average Bonchev–Trinajstić information content (AvgIpc) is 2.77. The smallest absolute Gasteiger partial charge is 0.134 e. The predicted octanol–water partition coefficient (Wildman–Crippen LogP) is 3.32. The minimum absolute atomic E-state index is 0.0129. The van der Waals surface area contributed by atoms with Gasteiger partial charge in [-0.3, -0.25) is 4.79 Å². The molecule has 130 valence electrons. The lowest BCUT2D eigenvalue weighted by Gasteiger charge is -2.65. The Morgan fingerprint density at radius 3 is 2.43 bits per heavy atom. The van der Waals surface area contributed by atoms with Crippen LogP contribution < -0.4 is 0 Å². The van der Waals surface area contributed by atoms with E-state index in [1.165, 1.54) is 0 Å². The molecule has 3 nitrogen and oxygen atoms in total. The molecular formula is C20H32O3. The molecule has 4 saturated carbocycles. The Labute approximate surface area is 139 Å². The Kier molecular flexibility index (Phi) is 3.08. The third-order valence-corrected chi connectivity index (χ3v) is 8.82. The molecule has 0 unspecified atom stereocenters. The molecule has 4 fully saturated rings. The standard InChI is InChI=1S/C20H32O3/c1-17(2)10-13(21)11-18(3)16(17)8-15(22)14-7-12-9-20(14,18)6-5-19(12,4)23/h12,14-16,22-23H,5-11H2,1-4H3/t12-,14+,15-,16-,18-,19+,20+/m0/s1. The molecule has 4 aliphatic carbocycles. The molecule has 3 heteroatoms. The Bertz CT molecular complexity index is 551. The molecule has 0 aromatic heterocycles. The molecule has 4 rings (SSSR count). The number of ketones is 1. The number of hydrogen-bond donors (Lipinski definition) is 2. The summed E-state index contributed by atoms with van der Waals surface area (Å²) in [4.78, 5) is 12.6. The van der Waals surface area contributed by atoms with E-state index in [1.54, 1.807) is 0 Å². The fourth-order valence-corrected chi connectivity index (χ4v) is 7.71. The number of rotatable bonds is 0. The molecule has 0 saturated heterocycles. The maximum absolute atomic E-state index is 12.6. The van der Waals surface area contributed by atoms with Gasteiger partial charge < -0.3 is 10.2 Å². The average molecular weight is 320 g/mol. The van der Waals surface area contributed by atoms with E-state index in [2.05, 4.69) is 20.8 Å². The highest BCUT2D eigenvalue weighted by Crippen LogP contribution is 2.74. The summed E-state index contributed by atoms with van der Waals surface area (Å²) >= 11 is 0. The van der Waals surface area contributed by atoms with Crippen LogP contribution in [0.3, 0.4) is 0 Å². The second kappa shape index (κ2) is 4.40. The van der Waals surface area contributed by atoms with Crippen LogP contribution in [-0.2, 0) is 4.79 Å². The van der Waals surface area contributed by atoms with Crippen LogP contribution in [0.2, 0.25) is 0 Å². The van der Waals surface area contributed by atoms with Crippen LogP contribution >= 0.6 is 0 Å². The summed E-state index contributed by atoms with van der Waals surface area (Å²) in [6, 6.07) is 0. The quantitative estimate of drug-likeness (QED) is 0.720. The van der Waals surface area contributed by atoms with Crippen LogP contribution in [0.1, 0.15) is 72.6 Å². The first-order chi connectivity index (χ1) is 10.5. The first kappa shape index (κ1) is 16.1. The fourth-order valence-electron chi connectivity index (χ4n) is 7.71. The number of hydrogen-bond acceptors (Lipinski definition) is 3. The molecule has 7 atom stereocenters. The molecule has 0 amide bonds. The molecule has 0 heterocycles. The van der Waals surface area contributed by atoms with Crippen molar-refractivity contribution in [2.45, 2.75) is 84.3 Å². The number of carbonyl (C=O) groups is 1. The van der Waals surface area contributed by atoms with Crippen molar-refractivity contribution in [3.05, 3.63) is 0 Å². The molecule has 0 aliphatic heterocycles. The molecule has 4 aliphatic rings. The minimum atomic E-state index is -0.595. The van der Waals surface area contributed by atoms with E-state index >= 15 is 0 Å². The molecule has 0 radical (unpaired) electrons. The molecular weight excluding hydrogens is 288 g/mol. The zero-order valence-corrected chi connectivity index (χ0v) is 15.1. The lowest BCUT2D eigenvalue weighted by molar-refractivity contribution is -0.201. The molecule has 23 heavy (non-hydrogen) atoms. The molecule has 0 aromatic rings. The van der Waals surface area contributed by atoms with E-state index in [1.807, 2.05) is 6.92 Å². The molecule has 2 N–H and O–H groups in total. The lowest BCUT2D eigenvalue weighted by atomic mass is 9.39. The maximum atomic E-state index is 12.6. The van der Waals surface area contributed by atoms with Crippen molar-refractivity contribution in [3.63, 3.8) is 0 Å². The van der Waals surface area contributed by atoms with Gasteiger partial charge in [-0.25, -0.2) is 0 Å². The fraction of sp³-hybridized carbons (Fsp3) is 0.950. The SMILES string of the molecule is CC1(C)CC(=O)C[C@@]2(C)[C@H]1C[C@H](O)[C@H]1C[C@H]3C[C@]12CC[C@@]3(C)O. The van der Waals surface area contributed by atoms with Crippen molar-refractivity contribution < 1.29 is 15.0 Å². The summed E-state index contributed by atoms with van der Waals surface area (Å²) in [5.41, 5.74) is -0.582. The van der Waals surface area contributed by atoms with Gasteiger partial charge in [-0.15, -0.1) is 0 Å². The van der Waals surface area contributed by atoms with Crippen LogP contribution in [0.5, 0.6) is 0 Å². The third kappa shape index (κ3) is 1.87. The van der Waals surface area contributed by atoms with Gasteiger partial charge in [0.25, 0.3) is 0 Å². The van der Waals surface area contributed by atoms with Gasteiger partial charge in [0.1, 0.15) is 5.78 Å². The highest BCUT2D eigenvalue weighted by atomic mass is 16.3. The van der Waals surface area contributed by atoms with E-state index < -0.39 is 5.60 Å². The highest BCUT2D eigenvalue weighted by molar-refractivity contribution is 5.81. The summed E-state index contributed by atoms with van der Waals surface area (Å²) in [6.45, 7) is 8.77. The van der Waals surface area contributed by atoms with Gasteiger partial charge in [0.2, 0.25) is 0 Å². The first-order valence-corrected chi connectivity index (χ1v) is 9.44. The normalized spacial score (nSPS) is 57.7. The Morgan fingerprint density at radius 1 is 1.04 bits per heavy atom. The Morgan fingerprint density at radius 2 is 1.74 bits per heavy atom. The van der Waals surface area contributed by atoms with Crippen molar-refractivity contribution in [2.24, 2.45) is 34.0 Å². The van der Waals surface area contributed by atoms with Gasteiger partial charge in [-0.05, 0) is 73.0 Å². The number of fused-ring (bicyclic) bond motifs is 2. The lowest BCUT2D eigenvalue weighted by Crippen LogP contribution is -2.62. The van der Waals surface area contributed by atoms with E-state index in [0.717, 1.165) is 32.1 Å². The van der Waals surface area contributed by atoms with E-state index in [-0.39, 0.29) is 34.2 Å². The Hall–Kier alpha value is -0.410. The van der Waals surface area contributed by atoms with E-state index in [4.69, 9.17) is 0 Å². The zero-order chi connectivity index (χ0) is 16.8. The summed E-state index contributed by atoms with van der Waals surface area (Å²) in [7, 11) is 0. The summed E-state index contributed by atoms with van der Waals surface area (Å²) in [5, 5.41) is 21.8. The van der Waals surface area contributed by atoms with Crippen molar-refractivity contribution in [3.8, 4) is 0 Å². The molecule has 0 aromatic carbocycles. The van der Waals surface area contributed by atoms with E-state index in [0.29, 0.717) is 24.5 Å². The number of Topliss-reactive ketones (excluding diaryl/α,β-unsaturated/α-hetero) is 1. The summed E-state index contributed by atoms with van der Waals surface area (Å²) in [6.07, 6.45) is 5.62. The third-order valence-electron chi connectivity index (χ3n) is 8.82. The number of aliphatic hydroxyl groups excluding tert-OH is 1. The highest BCUT2D eigenvalue weighted by Gasteiger charge is 2.71. The summed E-state index contributed by atoms with van der Waals surface area (Å²) < 4.78 is 0. The van der Waals surface area contributed by atoms with Gasteiger partial charge in [0, 0.05) is 12.8 Å². The maximum Gasteiger partial charge on any atom is 0.134 e. The van der Waals surface area contributed by atoms with E-state index in [9.17, 15) is 15.0 Å². The zero-order valence-electron chi connectivity index (χ0n) is 15.1. The molecule has 2 bridgehead atoms. The minimum Gasteiger partial charge on any atom is -0.393 e. The number of carbonyl (C=O) groups excluding carboxylic acids is 1. The van der Waals surface area contributed by atoms with Gasteiger partial charge >= 0.3 is 0 Å². The second-order valence-electron chi connectivity index (χ2n) is 10.4. The number of aliphatic hydroxyl groups is 2. The van der Waals surface area contributed by atoms with Crippen molar-refractivity contribution >= 4 is 5.78 Å². The van der Waals surface area contributed by atoms with Gasteiger partial charge in [-0.1, -0.05) is 20.8 Å². The van der Waals surface area contributed by atoms with Gasteiger partial charge in [0.05, 0.1) is 11.7 Å². The first-order valence-electron chi connectivity index (χ1n) is 9.44. The second-order valence-corrected chi connectivity index (χ2v) is 10.4. The van der Waals surface area contributed by atoms with Crippen LogP contribution in [0.4, 0.5) is 0 Å². The van der Waals surface area contributed by atoms with Crippen molar-refractivity contribution in [2.75, 3.05) is 0 Å². The monoisotopic (exact) mass is 320 g/mol. The van der Waals surface area contributed by atoms with Gasteiger partial charge in [-0.2, -0.15) is 0 Å². The van der Waals surface area contributed by atoms with Crippen molar-refractivity contribution in [1.82, 2.24) is 0 Å². The van der Waals surface area contributed by atoms with Gasteiger partial charge in [0.15, 0.2) is 0 Å². The van der Waals surface area contributed by atoms with Crippen LogP contribution in [0.15, 0.2) is 0 Å².